The molecular formula is C20H19N3O5. The van der Waals surface area contributed by atoms with E-state index in [0.29, 0.717) is 39.6 Å². The van der Waals surface area contributed by atoms with Crippen LogP contribution in [0.1, 0.15) is 44.6 Å². The van der Waals surface area contributed by atoms with Gasteiger partial charge in [0.15, 0.2) is 0 Å². The van der Waals surface area contributed by atoms with Crippen molar-refractivity contribution >= 4 is 17.1 Å². The van der Waals surface area contributed by atoms with Gasteiger partial charge in [-0.15, -0.1) is 0 Å². The van der Waals surface area contributed by atoms with Crippen molar-refractivity contribution in [3.05, 3.63) is 51.9 Å². The molecule has 8 heteroatoms. The molecule has 0 atom stereocenters. The Bertz CT molecular complexity index is 1180. The number of hydrogen-bond donors (Lipinski definition) is 0. The van der Waals surface area contributed by atoms with Crippen molar-refractivity contribution in [2.45, 2.75) is 41.2 Å². The van der Waals surface area contributed by atoms with Crippen LogP contribution in [-0.4, -0.2) is 21.3 Å². The molecule has 0 bridgehead atoms. The molecular weight excluding hydrogens is 362 g/mol. The smallest absolute Gasteiger partial charge is 0.339 e. The second kappa shape index (κ2) is 6.63. The molecule has 4 aromatic heterocycles. The van der Waals surface area contributed by atoms with Crippen LogP contribution in [0.15, 0.2) is 25.6 Å². The molecule has 4 aromatic rings. The lowest BCUT2D eigenvalue weighted by Gasteiger charge is -2.07. The minimum absolute atomic E-state index is 0.0628. The van der Waals surface area contributed by atoms with Gasteiger partial charge in [0.25, 0.3) is 5.71 Å². The molecule has 28 heavy (non-hydrogen) atoms. The topological polar surface area (TPSA) is 104 Å². The summed E-state index contributed by atoms with van der Waals surface area (Å²) in [6.45, 7) is 9.09. The van der Waals surface area contributed by atoms with E-state index < -0.39 is 5.97 Å². The fourth-order valence-corrected chi connectivity index (χ4v) is 3.20. The molecule has 144 valence electrons. The molecule has 8 nitrogen and oxygen atoms in total. The van der Waals surface area contributed by atoms with Gasteiger partial charge in [-0.1, -0.05) is 10.3 Å². The summed E-state index contributed by atoms with van der Waals surface area (Å²) in [6.07, 6.45) is 0. The SMILES string of the molecule is Cc1cc(-c2cc(C(=O)OCc3c(C)noc3C)c3c(C)noc3n2)c(C)o1. The molecule has 0 unspecified atom stereocenters. The van der Waals surface area contributed by atoms with E-state index in [1.165, 1.54) is 0 Å². The number of aryl methyl sites for hydroxylation is 5. The Morgan fingerprint density at radius 3 is 2.39 bits per heavy atom. The Morgan fingerprint density at radius 2 is 1.75 bits per heavy atom. The number of aromatic nitrogens is 3. The standard InChI is InChI=1S/C20H19N3O5/c1-9-6-14(12(4)26-9)17-7-15(18-11(3)23-28-19(18)21-17)20(24)25-8-16-10(2)22-27-13(16)5/h6-7H,8H2,1-5H3. The third-order valence-electron chi connectivity index (χ3n) is 4.68. The fourth-order valence-electron chi connectivity index (χ4n) is 3.20. The largest absolute Gasteiger partial charge is 0.466 e. The van der Waals surface area contributed by atoms with E-state index in [4.69, 9.17) is 18.2 Å². The summed E-state index contributed by atoms with van der Waals surface area (Å²) in [5.74, 6) is 1.58. The molecule has 0 aromatic carbocycles. The lowest BCUT2D eigenvalue weighted by atomic mass is 10.1. The van der Waals surface area contributed by atoms with E-state index in [2.05, 4.69) is 15.3 Å². The molecule has 0 aliphatic heterocycles. The first kappa shape index (κ1) is 18.0. The number of ether oxygens (including phenoxy) is 1. The van der Waals surface area contributed by atoms with Gasteiger partial charge in [-0.25, -0.2) is 9.78 Å². The van der Waals surface area contributed by atoms with E-state index in [0.717, 1.165) is 16.9 Å². The Morgan fingerprint density at radius 1 is 1.00 bits per heavy atom. The van der Waals surface area contributed by atoms with E-state index in [1.807, 2.05) is 19.9 Å². The molecule has 0 N–H and O–H groups in total. The summed E-state index contributed by atoms with van der Waals surface area (Å²) >= 11 is 0. The van der Waals surface area contributed by atoms with Crippen LogP contribution in [0, 0.1) is 34.6 Å². The zero-order chi connectivity index (χ0) is 20.0. The minimum atomic E-state index is -0.502. The maximum atomic E-state index is 12.9. The highest BCUT2D eigenvalue weighted by Crippen LogP contribution is 2.31. The summed E-state index contributed by atoms with van der Waals surface area (Å²) in [5.41, 5.74) is 3.97. The molecule has 0 fully saturated rings. The van der Waals surface area contributed by atoms with Crippen LogP contribution in [-0.2, 0) is 11.3 Å². The fraction of sp³-hybridized carbons (Fsp3) is 0.300. The van der Waals surface area contributed by atoms with Crippen LogP contribution < -0.4 is 0 Å². The van der Waals surface area contributed by atoms with Gasteiger partial charge in [-0.2, -0.15) is 0 Å². The predicted octanol–water partition coefficient (Wildman–Crippen LogP) is 4.37. The maximum absolute atomic E-state index is 12.9. The number of nitrogens with zero attached hydrogens (tertiary/aromatic N) is 3. The number of carbonyl (C=O) groups is 1. The Balaban J connectivity index is 1.75. The molecule has 4 rings (SSSR count). The third-order valence-corrected chi connectivity index (χ3v) is 4.68. The Kier molecular flexibility index (Phi) is 4.26. The number of hydrogen-bond acceptors (Lipinski definition) is 8. The molecule has 0 radical (unpaired) electrons. The first-order valence-electron chi connectivity index (χ1n) is 8.78. The molecule has 0 aliphatic carbocycles. The normalized spacial score (nSPS) is 11.3. The highest BCUT2D eigenvalue weighted by molar-refractivity contribution is 6.04. The average Bonchev–Trinajstić information content (AvgIpc) is 3.30. The van der Waals surface area contributed by atoms with Gasteiger partial charge in [-0.05, 0) is 46.8 Å². The lowest BCUT2D eigenvalue weighted by Crippen LogP contribution is -2.08. The highest BCUT2D eigenvalue weighted by atomic mass is 16.5. The zero-order valence-electron chi connectivity index (χ0n) is 16.2. The van der Waals surface area contributed by atoms with Crippen LogP contribution in [0.25, 0.3) is 22.4 Å². The number of esters is 1. The van der Waals surface area contributed by atoms with Gasteiger partial charge in [0.1, 0.15) is 23.9 Å². The zero-order valence-corrected chi connectivity index (χ0v) is 16.2. The van der Waals surface area contributed by atoms with Crippen molar-refractivity contribution in [3.63, 3.8) is 0 Å². The average molecular weight is 381 g/mol. The summed E-state index contributed by atoms with van der Waals surface area (Å²) in [4.78, 5) is 17.4. The summed E-state index contributed by atoms with van der Waals surface area (Å²) in [7, 11) is 0. The lowest BCUT2D eigenvalue weighted by molar-refractivity contribution is 0.0473. The number of fused-ring (bicyclic) bond motifs is 1. The van der Waals surface area contributed by atoms with Gasteiger partial charge in [-0.3, -0.25) is 0 Å². The Hall–Kier alpha value is -3.42. The van der Waals surface area contributed by atoms with Crippen LogP contribution in [0.4, 0.5) is 0 Å². The molecule has 0 saturated carbocycles. The van der Waals surface area contributed by atoms with E-state index in [9.17, 15) is 4.79 Å². The third kappa shape index (κ3) is 2.96. The van der Waals surface area contributed by atoms with Gasteiger partial charge in [0.2, 0.25) is 0 Å². The van der Waals surface area contributed by atoms with E-state index in [-0.39, 0.29) is 12.3 Å². The van der Waals surface area contributed by atoms with Crippen molar-refractivity contribution in [2.75, 3.05) is 0 Å². The number of carbonyl (C=O) groups excluding carboxylic acids is 1. The molecule has 0 spiro atoms. The van der Waals surface area contributed by atoms with Gasteiger partial charge < -0.3 is 18.2 Å². The van der Waals surface area contributed by atoms with E-state index >= 15 is 0 Å². The van der Waals surface area contributed by atoms with Crippen molar-refractivity contribution < 1.29 is 23.0 Å². The molecule has 4 heterocycles. The van der Waals surface area contributed by atoms with Gasteiger partial charge in [0, 0.05) is 5.56 Å². The second-order valence-corrected chi connectivity index (χ2v) is 6.71. The van der Waals surface area contributed by atoms with Crippen LogP contribution in [0.3, 0.4) is 0 Å². The van der Waals surface area contributed by atoms with Crippen molar-refractivity contribution in [1.29, 1.82) is 0 Å². The van der Waals surface area contributed by atoms with Crippen molar-refractivity contribution in [3.8, 4) is 11.3 Å². The first-order chi connectivity index (χ1) is 13.3. The summed E-state index contributed by atoms with van der Waals surface area (Å²) in [6, 6.07) is 3.55. The van der Waals surface area contributed by atoms with Crippen LogP contribution in [0.2, 0.25) is 0 Å². The molecule has 0 amide bonds. The van der Waals surface area contributed by atoms with E-state index in [1.54, 1.807) is 26.8 Å². The minimum Gasteiger partial charge on any atom is -0.466 e. The molecule has 0 saturated heterocycles. The number of furan rings is 1. The van der Waals surface area contributed by atoms with Crippen LogP contribution in [0.5, 0.6) is 0 Å². The van der Waals surface area contributed by atoms with Crippen LogP contribution >= 0.6 is 0 Å². The highest BCUT2D eigenvalue weighted by Gasteiger charge is 2.22. The quantitative estimate of drug-likeness (QED) is 0.480. The van der Waals surface area contributed by atoms with Gasteiger partial charge >= 0.3 is 5.97 Å². The first-order valence-corrected chi connectivity index (χ1v) is 8.78. The van der Waals surface area contributed by atoms with Gasteiger partial charge in [0.05, 0.1) is 33.6 Å². The van der Waals surface area contributed by atoms with Crippen molar-refractivity contribution in [2.24, 2.45) is 0 Å². The predicted molar refractivity (Wildman–Crippen MR) is 98.8 cm³/mol. The Labute approximate surface area is 160 Å². The molecule has 0 aliphatic rings. The van der Waals surface area contributed by atoms with Crippen molar-refractivity contribution in [1.82, 2.24) is 15.3 Å². The number of pyridine rings is 1. The monoisotopic (exact) mass is 381 g/mol. The maximum Gasteiger partial charge on any atom is 0.339 e. The number of rotatable bonds is 4. The second-order valence-electron chi connectivity index (χ2n) is 6.71. The summed E-state index contributed by atoms with van der Waals surface area (Å²) < 4.78 is 21.6. The summed E-state index contributed by atoms with van der Waals surface area (Å²) in [5, 5.41) is 8.36.